The lowest BCUT2D eigenvalue weighted by atomic mass is 9.83. The van der Waals surface area contributed by atoms with E-state index in [-0.39, 0.29) is 11.9 Å². The highest BCUT2D eigenvalue weighted by atomic mass is 35.5. The van der Waals surface area contributed by atoms with Crippen molar-refractivity contribution in [1.29, 1.82) is 0 Å². The lowest BCUT2D eigenvalue weighted by Gasteiger charge is -2.30. The lowest BCUT2D eigenvalue weighted by Crippen LogP contribution is -2.48. The maximum absolute atomic E-state index is 12.3. The second kappa shape index (κ2) is 6.99. The third kappa shape index (κ3) is 3.67. The van der Waals surface area contributed by atoms with Crippen LogP contribution in [0.1, 0.15) is 42.5 Å². The molecule has 6 heteroatoms. The first-order chi connectivity index (χ1) is 9.59. The summed E-state index contributed by atoms with van der Waals surface area (Å²) in [5, 5.41) is 3.25. The van der Waals surface area contributed by atoms with Gasteiger partial charge in [0.05, 0.1) is 21.6 Å². The van der Waals surface area contributed by atoms with Gasteiger partial charge < -0.3 is 11.1 Å². The van der Waals surface area contributed by atoms with E-state index in [1.165, 1.54) is 18.8 Å². The van der Waals surface area contributed by atoms with Crippen LogP contribution < -0.4 is 11.1 Å². The molecule has 1 saturated carbocycles. The molecule has 1 aromatic heterocycles. The van der Waals surface area contributed by atoms with Gasteiger partial charge in [0, 0.05) is 12.4 Å². The molecular weight excluding hydrogens is 294 g/mol. The fourth-order valence-corrected chi connectivity index (χ4v) is 3.12. The Morgan fingerprint density at radius 3 is 2.75 bits per heavy atom. The van der Waals surface area contributed by atoms with Gasteiger partial charge in [0.15, 0.2) is 0 Å². The highest BCUT2D eigenvalue weighted by Crippen LogP contribution is 2.27. The van der Waals surface area contributed by atoms with Crippen LogP contribution in [0.15, 0.2) is 18.5 Å². The minimum absolute atomic E-state index is 0.249. The summed E-state index contributed by atoms with van der Waals surface area (Å²) in [6.45, 7) is 0. The Hall–Kier alpha value is -1.20. The second-order valence-electron chi connectivity index (χ2n) is 5.11. The van der Waals surface area contributed by atoms with Gasteiger partial charge in [0.2, 0.25) is 0 Å². The Bertz CT molecular complexity index is 503. The van der Waals surface area contributed by atoms with Gasteiger partial charge >= 0.3 is 0 Å². The number of rotatable bonds is 4. The van der Waals surface area contributed by atoms with E-state index in [4.69, 9.17) is 29.6 Å². The third-order valence-electron chi connectivity index (χ3n) is 3.73. The molecule has 1 aliphatic rings. The summed E-state index contributed by atoms with van der Waals surface area (Å²) in [5.41, 5.74) is 6.20. The molecule has 0 aliphatic heterocycles. The van der Waals surface area contributed by atoms with Crippen LogP contribution in [-0.4, -0.2) is 21.9 Å². The van der Waals surface area contributed by atoms with Crippen molar-refractivity contribution in [2.24, 2.45) is 11.7 Å². The molecule has 108 valence electrons. The molecule has 0 aromatic carbocycles. The van der Waals surface area contributed by atoms with Gasteiger partial charge in [0.1, 0.15) is 0 Å². The zero-order chi connectivity index (χ0) is 14.5. The van der Waals surface area contributed by atoms with Crippen LogP contribution in [-0.2, 0) is 0 Å². The molecule has 1 unspecified atom stereocenters. The topological polar surface area (TPSA) is 68.0 Å². The number of nitrogens with zero attached hydrogens (tertiary/aromatic N) is 1. The molecule has 1 fully saturated rings. The van der Waals surface area contributed by atoms with E-state index in [0.717, 1.165) is 25.7 Å². The van der Waals surface area contributed by atoms with E-state index >= 15 is 0 Å². The predicted octanol–water partition coefficient (Wildman–Crippen LogP) is 2.70. The minimum Gasteiger partial charge on any atom is -0.392 e. The number of pyridine rings is 1. The van der Waals surface area contributed by atoms with Gasteiger partial charge in [-0.15, -0.1) is 0 Å². The van der Waals surface area contributed by atoms with Gasteiger partial charge in [-0.05, 0) is 24.8 Å². The van der Waals surface area contributed by atoms with Crippen LogP contribution in [0.25, 0.3) is 0 Å². The molecule has 0 radical (unpaired) electrons. The quantitative estimate of drug-likeness (QED) is 0.839. The zero-order valence-corrected chi connectivity index (χ0v) is 12.7. The SMILES string of the molecule is NC(=S)C(NC(=O)c1ccncc1Cl)C1CCCCC1. The second-order valence-corrected chi connectivity index (χ2v) is 5.99. The number of amides is 1. The molecule has 20 heavy (non-hydrogen) atoms. The number of hydrogen-bond acceptors (Lipinski definition) is 3. The summed E-state index contributed by atoms with van der Waals surface area (Å²) >= 11 is 11.1. The number of thiocarbonyl (C=S) groups is 1. The summed E-state index contributed by atoms with van der Waals surface area (Å²) in [5.74, 6) is 0.0755. The normalized spacial score (nSPS) is 17.4. The van der Waals surface area contributed by atoms with Crippen LogP contribution in [0.4, 0.5) is 0 Å². The highest BCUT2D eigenvalue weighted by Gasteiger charge is 2.27. The van der Waals surface area contributed by atoms with Gasteiger partial charge in [-0.3, -0.25) is 9.78 Å². The summed E-state index contributed by atoms with van der Waals surface area (Å²) in [4.78, 5) is 16.5. The zero-order valence-electron chi connectivity index (χ0n) is 11.1. The van der Waals surface area contributed by atoms with Crippen molar-refractivity contribution in [3.05, 3.63) is 29.0 Å². The van der Waals surface area contributed by atoms with Crippen molar-refractivity contribution >= 4 is 34.7 Å². The number of nitrogens with one attached hydrogen (secondary N) is 1. The molecule has 3 N–H and O–H groups in total. The number of nitrogens with two attached hydrogens (primary N) is 1. The lowest BCUT2D eigenvalue weighted by molar-refractivity contribution is 0.0932. The Morgan fingerprint density at radius 1 is 1.45 bits per heavy atom. The highest BCUT2D eigenvalue weighted by molar-refractivity contribution is 7.80. The summed E-state index contributed by atoms with van der Waals surface area (Å²) in [7, 11) is 0. The van der Waals surface area contributed by atoms with E-state index in [1.807, 2.05) is 0 Å². The standard InChI is InChI=1S/C14H18ClN3OS/c15-11-8-17-7-6-10(11)14(19)18-12(13(16)20)9-4-2-1-3-5-9/h6-9,12H,1-5H2,(H2,16,20)(H,18,19). The number of carbonyl (C=O) groups is 1. The van der Waals surface area contributed by atoms with Crippen molar-refractivity contribution < 1.29 is 4.79 Å². The summed E-state index contributed by atoms with van der Waals surface area (Å²) < 4.78 is 0. The molecular formula is C14H18ClN3OS. The number of carbonyl (C=O) groups excluding carboxylic acids is 1. The van der Waals surface area contributed by atoms with E-state index in [9.17, 15) is 4.79 Å². The number of hydrogen-bond donors (Lipinski definition) is 2. The molecule has 1 aromatic rings. The van der Waals surface area contributed by atoms with Crippen LogP contribution in [0.2, 0.25) is 5.02 Å². The number of aromatic nitrogens is 1. The average Bonchev–Trinajstić information content (AvgIpc) is 2.45. The monoisotopic (exact) mass is 311 g/mol. The van der Waals surface area contributed by atoms with E-state index in [1.54, 1.807) is 6.07 Å². The largest absolute Gasteiger partial charge is 0.392 e. The van der Waals surface area contributed by atoms with Gasteiger partial charge in [-0.25, -0.2) is 0 Å². The van der Waals surface area contributed by atoms with E-state index in [2.05, 4.69) is 10.3 Å². The van der Waals surface area contributed by atoms with Crippen LogP contribution in [0.5, 0.6) is 0 Å². The van der Waals surface area contributed by atoms with E-state index in [0.29, 0.717) is 21.5 Å². The van der Waals surface area contributed by atoms with Crippen LogP contribution in [0.3, 0.4) is 0 Å². The third-order valence-corrected chi connectivity index (χ3v) is 4.29. The van der Waals surface area contributed by atoms with Crippen molar-refractivity contribution in [3.63, 3.8) is 0 Å². The van der Waals surface area contributed by atoms with Crippen molar-refractivity contribution in [2.45, 2.75) is 38.1 Å². The molecule has 0 saturated heterocycles. The molecule has 0 spiro atoms. The fraction of sp³-hybridized carbons (Fsp3) is 0.500. The smallest absolute Gasteiger partial charge is 0.253 e. The molecule has 1 heterocycles. The minimum atomic E-state index is -0.262. The predicted molar refractivity (Wildman–Crippen MR) is 83.9 cm³/mol. The van der Waals surface area contributed by atoms with Gasteiger partial charge in [0.25, 0.3) is 5.91 Å². The summed E-state index contributed by atoms with van der Waals surface area (Å²) in [6, 6.07) is 1.33. The van der Waals surface area contributed by atoms with Crippen molar-refractivity contribution in [3.8, 4) is 0 Å². The number of halogens is 1. The van der Waals surface area contributed by atoms with Crippen LogP contribution >= 0.6 is 23.8 Å². The van der Waals surface area contributed by atoms with Crippen LogP contribution in [0, 0.1) is 5.92 Å². The molecule has 1 aliphatic carbocycles. The molecule has 2 rings (SSSR count). The van der Waals surface area contributed by atoms with Crippen molar-refractivity contribution in [1.82, 2.24) is 10.3 Å². The first kappa shape index (κ1) is 15.2. The van der Waals surface area contributed by atoms with Gasteiger partial charge in [-0.2, -0.15) is 0 Å². The van der Waals surface area contributed by atoms with Crippen molar-refractivity contribution in [2.75, 3.05) is 0 Å². The Balaban J connectivity index is 2.10. The maximum atomic E-state index is 12.3. The van der Waals surface area contributed by atoms with E-state index < -0.39 is 0 Å². The Labute approximate surface area is 129 Å². The van der Waals surface area contributed by atoms with Gasteiger partial charge in [-0.1, -0.05) is 43.1 Å². The Kier molecular flexibility index (Phi) is 5.31. The average molecular weight is 312 g/mol. The first-order valence-electron chi connectivity index (χ1n) is 6.79. The maximum Gasteiger partial charge on any atom is 0.253 e. The fourth-order valence-electron chi connectivity index (χ4n) is 2.67. The molecule has 1 amide bonds. The summed E-state index contributed by atoms with van der Waals surface area (Å²) in [6.07, 6.45) is 8.65. The first-order valence-corrected chi connectivity index (χ1v) is 7.58. The molecule has 4 nitrogen and oxygen atoms in total. The Morgan fingerprint density at radius 2 is 2.15 bits per heavy atom. The molecule has 1 atom stereocenters. The molecule has 0 bridgehead atoms.